The van der Waals surface area contributed by atoms with E-state index in [-0.39, 0.29) is 17.6 Å². The lowest BCUT2D eigenvalue weighted by molar-refractivity contribution is 0.188. The Labute approximate surface area is 113 Å². The van der Waals surface area contributed by atoms with Crippen molar-refractivity contribution in [2.45, 2.75) is 32.9 Å². The summed E-state index contributed by atoms with van der Waals surface area (Å²) >= 11 is 5.90. The molecule has 0 amide bonds. The van der Waals surface area contributed by atoms with Crippen LogP contribution in [-0.2, 0) is 4.74 Å². The summed E-state index contributed by atoms with van der Waals surface area (Å²) in [4.78, 5) is 4.60. The van der Waals surface area contributed by atoms with Crippen LogP contribution in [0.5, 0.6) is 0 Å². The molecule has 1 aromatic carbocycles. The van der Waals surface area contributed by atoms with Crippen molar-refractivity contribution in [3.05, 3.63) is 47.5 Å². The second-order valence-corrected chi connectivity index (χ2v) is 5.94. The highest BCUT2D eigenvalue weighted by atomic mass is 35.5. The molecule has 0 fully saturated rings. The second-order valence-electron chi connectivity index (χ2n) is 5.50. The van der Waals surface area contributed by atoms with E-state index in [0.717, 1.165) is 16.5 Å². The Balaban J connectivity index is 2.26. The molecule has 96 valence electrons. The maximum absolute atomic E-state index is 5.99. The molecule has 1 aromatic rings. The SMILES string of the molecule is C=C[C@H]1N=C(C(C)(C)C)O[C@@H]1c1ccc(Cl)cc1. The molecule has 1 aliphatic rings. The molecule has 0 saturated heterocycles. The minimum atomic E-state index is -0.0889. The Morgan fingerprint density at radius 1 is 1.28 bits per heavy atom. The number of nitrogens with zero attached hydrogens (tertiary/aromatic N) is 1. The van der Waals surface area contributed by atoms with Crippen molar-refractivity contribution in [2.75, 3.05) is 0 Å². The predicted octanol–water partition coefficient (Wildman–Crippen LogP) is 4.41. The van der Waals surface area contributed by atoms with E-state index in [2.05, 4.69) is 32.3 Å². The van der Waals surface area contributed by atoms with Gasteiger partial charge >= 0.3 is 0 Å². The lowest BCUT2D eigenvalue weighted by atomic mass is 9.97. The number of rotatable bonds is 2. The highest BCUT2D eigenvalue weighted by molar-refractivity contribution is 6.30. The van der Waals surface area contributed by atoms with Gasteiger partial charge in [-0.2, -0.15) is 0 Å². The van der Waals surface area contributed by atoms with Crippen LogP contribution in [0.4, 0.5) is 0 Å². The third kappa shape index (κ3) is 2.59. The molecule has 0 N–H and O–H groups in total. The van der Waals surface area contributed by atoms with Gasteiger partial charge in [0.15, 0.2) is 12.0 Å². The smallest absolute Gasteiger partial charge is 0.190 e. The molecule has 2 nitrogen and oxygen atoms in total. The van der Waals surface area contributed by atoms with Crippen molar-refractivity contribution < 1.29 is 4.74 Å². The minimum Gasteiger partial charge on any atom is -0.470 e. The zero-order valence-corrected chi connectivity index (χ0v) is 11.7. The van der Waals surface area contributed by atoms with Crippen LogP contribution in [0.25, 0.3) is 0 Å². The molecule has 0 aromatic heterocycles. The second kappa shape index (κ2) is 4.77. The molecule has 0 spiro atoms. The van der Waals surface area contributed by atoms with E-state index < -0.39 is 0 Å². The van der Waals surface area contributed by atoms with Gasteiger partial charge in [0.25, 0.3) is 0 Å². The van der Waals surface area contributed by atoms with Gasteiger partial charge in [0.2, 0.25) is 0 Å². The highest BCUT2D eigenvalue weighted by Crippen LogP contribution is 2.35. The predicted molar refractivity (Wildman–Crippen MR) is 76.2 cm³/mol. The van der Waals surface area contributed by atoms with Gasteiger partial charge in [-0.05, 0) is 17.7 Å². The Hall–Kier alpha value is -1.28. The molecule has 18 heavy (non-hydrogen) atoms. The molecular formula is C15H18ClNO. The van der Waals surface area contributed by atoms with E-state index in [1.165, 1.54) is 0 Å². The molecule has 2 atom stereocenters. The average molecular weight is 264 g/mol. The molecule has 1 aliphatic heterocycles. The largest absolute Gasteiger partial charge is 0.470 e. The third-order valence-electron chi connectivity index (χ3n) is 2.90. The number of aliphatic imine (C=N–C) groups is 1. The van der Waals surface area contributed by atoms with Gasteiger partial charge in [0.05, 0.1) is 0 Å². The summed E-state index contributed by atoms with van der Waals surface area (Å²) in [6.07, 6.45) is 1.74. The molecule has 0 bridgehead atoms. The van der Waals surface area contributed by atoms with Crippen molar-refractivity contribution in [1.29, 1.82) is 0 Å². The van der Waals surface area contributed by atoms with Crippen molar-refractivity contribution in [3.8, 4) is 0 Å². The van der Waals surface area contributed by atoms with Crippen LogP contribution in [0.1, 0.15) is 32.4 Å². The van der Waals surface area contributed by atoms with E-state index in [1.807, 2.05) is 30.3 Å². The number of benzene rings is 1. The summed E-state index contributed by atoms with van der Waals surface area (Å²) in [5, 5.41) is 0.726. The Bertz CT molecular complexity index is 470. The third-order valence-corrected chi connectivity index (χ3v) is 3.15. The van der Waals surface area contributed by atoms with E-state index >= 15 is 0 Å². The summed E-state index contributed by atoms with van der Waals surface area (Å²) in [5.74, 6) is 0.785. The van der Waals surface area contributed by atoms with Crippen LogP contribution in [-0.4, -0.2) is 11.9 Å². The van der Waals surface area contributed by atoms with Crippen LogP contribution < -0.4 is 0 Å². The Morgan fingerprint density at radius 3 is 2.39 bits per heavy atom. The summed E-state index contributed by atoms with van der Waals surface area (Å²) in [6.45, 7) is 10.1. The fraction of sp³-hybridized carbons (Fsp3) is 0.400. The van der Waals surface area contributed by atoms with Crippen LogP contribution in [0.3, 0.4) is 0 Å². The van der Waals surface area contributed by atoms with Crippen LogP contribution in [0.2, 0.25) is 5.02 Å². The summed E-state index contributed by atoms with van der Waals surface area (Å²) in [5.41, 5.74) is 0.995. The first-order valence-electron chi connectivity index (χ1n) is 6.05. The summed E-state index contributed by atoms with van der Waals surface area (Å²) < 4.78 is 5.99. The first-order chi connectivity index (χ1) is 8.41. The Morgan fingerprint density at radius 2 is 1.89 bits per heavy atom. The maximum Gasteiger partial charge on any atom is 0.190 e. The molecule has 0 radical (unpaired) electrons. The molecular weight excluding hydrogens is 246 g/mol. The number of halogens is 1. The van der Waals surface area contributed by atoms with E-state index in [9.17, 15) is 0 Å². The fourth-order valence-electron chi connectivity index (χ4n) is 1.89. The quantitative estimate of drug-likeness (QED) is 0.724. The van der Waals surface area contributed by atoms with Crippen LogP contribution in [0, 0.1) is 5.41 Å². The molecule has 0 unspecified atom stereocenters. The first-order valence-corrected chi connectivity index (χ1v) is 6.42. The lowest BCUT2D eigenvalue weighted by Gasteiger charge is -2.21. The monoisotopic (exact) mass is 263 g/mol. The van der Waals surface area contributed by atoms with E-state index in [0.29, 0.717) is 0 Å². The molecule has 0 aliphatic carbocycles. The molecule has 3 heteroatoms. The highest BCUT2D eigenvalue weighted by Gasteiger charge is 2.35. The Kier molecular flexibility index (Phi) is 3.49. The van der Waals surface area contributed by atoms with Crippen LogP contribution >= 0.6 is 11.6 Å². The first kappa shape index (κ1) is 13.2. The van der Waals surface area contributed by atoms with Gasteiger partial charge in [-0.15, -0.1) is 6.58 Å². The zero-order chi connectivity index (χ0) is 13.3. The summed E-state index contributed by atoms with van der Waals surface area (Å²) in [7, 11) is 0. The van der Waals surface area contributed by atoms with Crippen molar-refractivity contribution in [3.63, 3.8) is 0 Å². The van der Waals surface area contributed by atoms with Gasteiger partial charge in [-0.25, -0.2) is 4.99 Å². The van der Waals surface area contributed by atoms with E-state index in [1.54, 1.807) is 0 Å². The minimum absolute atomic E-state index is 0.0274. The number of hydrogen-bond donors (Lipinski definition) is 0. The van der Waals surface area contributed by atoms with Gasteiger partial charge < -0.3 is 4.74 Å². The standard InChI is InChI=1S/C15H18ClNO/c1-5-12-13(10-6-8-11(16)9-7-10)18-14(17-12)15(2,3)4/h5-9,12-13H,1H2,2-4H3/t12-,13-/m1/s1. The average Bonchev–Trinajstić information content (AvgIpc) is 2.73. The lowest BCUT2D eigenvalue weighted by Crippen LogP contribution is -2.21. The van der Waals surface area contributed by atoms with Gasteiger partial charge in [-0.1, -0.05) is 50.6 Å². The molecule has 1 heterocycles. The van der Waals surface area contributed by atoms with Crippen molar-refractivity contribution in [2.24, 2.45) is 10.4 Å². The van der Waals surface area contributed by atoms with Crippen LogP contribution in [0.15, 0.2) is 41.9 Å². The molecule has 0 saturated carbocycles. The summed E-state index contributed by atoms with van der Waals surface area (Å²) in [6, 6.07) is 7.67. The van der Waals surface area contributed by atoms with Crippen molar-refractivity contribution >= 4 is 17.5 Å². The normalized spacial score (nSPS) is 23.4. The number of ether oxygens (including phenoxy) is 1. The maximum atomic E-state index is 5.99. The van der Waals surface area contributed by atoms with Crippen molar-refractivity contribution in [1.82, 2.24) is 0 Å². The number of hydrogen-bond acceptors (Lipinski definition) is 2. The molecule has 2 rings (SSSR count). The topological polar surface area (TPSA) is 21.6 Å². The zero-order valence-electron chi connectivity index (χ0n) is 11.0. The fourth-order valence-corrected chi connectivity index (χ4v) is 2.01. The van der Waals surface area contributed by atoms with Gasteiger partial charge in [0.1, 0.15) is 6.04 Å². The van der Waals surface area contributed by atoms with Gasteiger partial charge in [-0.3, -0.25) is 0 Å². The van der Waals surface area contributed by atoms with E-state index in [4.69, 9.17) is 16.3 Å². The van der Waals surface area contributed by atoms with Gasteiger partial charge in [0, 0.05) is 10.4 Å².